The number of halogens is 2. The molecule has 0 aliphatic carbocycles. The normalized spacial score (nSPS) is 14.8. The van der Waals surface area contributed by atoms with Crippen LogP contribution in [0.15, 0.2) is 55.0 Å². The number of amides is 1. The van der Waals surface area contributed by atoms with Crippen LogP contribution in [0.5, 0.6) is 0 Å². The molecule has 0 saturated carbocycles. The summed E-state index contributed by atoms with van der Waals surface area (Å²) in [6.45, 7) is 2.68. The number of hydrogen-bond donors (Lipinski definition) is 0. The molecule has 1 fully saturated rings. The molecule has 0 unspecified atom stereocenters. The minimum Gasteiger partial charge on any atom is -0.367 e. The fourth-order valence-corrected chi connectivity index (χ4v) is 3.51. The molecule has 3 heterocycles. The number of anilines is 1. The summed E-state index contributed by atoms with van der Waals surface area (Å²) in [4.78, 5) is 24.6. The Morgan fingerprint density at radius 2 is 1.93 bits per heavy atom. The first-order valence-corrected chi connectivity index (χ1v) is 9.35. The molecule has 1 aliphatic heterocycles. The summed E-state index contributed by atoms with van der Waals surface area (Å²) >= 11 is 6.06. The fourth-order valence-electron chi connectivity index (χ4n) is 3.34. The maximum atomic E-state index is 13.2. The Labute approximate surface area is 167 Å². The van der Waals surface area contributed by atoms with Crippen LogP contribution < -0.4 is 4.90 Å². The highest BCUT2D eigenvalue weighted by molar-refractivity contribution is 6.31. The number of hydrogen-bond acceptors (Lipinski definition) is 4. The van der Waals surface area contributed by atoms with E-state index in [2.05, 4.69) is 14.9 Å². The van der Waals surface area contributed by atoms with Gasteiger partial charge < -0.3 is 9.80 Å². The second-order valence-electron chi connectivity index (χ2n) is 6.57. The van der Waals surface area contributed by atoms with Gasteiger partial charge in [0.05, 0.1) is 11.7 Å². The van der Waals surface area contributed by atoms with Crippen molar-refractivity contribution >= 4 is 40.2 Å². The van der Waals surface area contributed by atoms with E-state index in [0.717, 1.165) is 35.9 Å². The molecule has 5 nitrogen and oxygen atoms in total. The van der Waals surface area contributed by atoms with Gasteiger partial charge in [0.2, 0.25) is 5.91 Å². The SMILES string of the molecule is O=C(/C=C/c1cncc(F)c1)N1CCN(c2ccnc3cc(Cl)ccc23)CC1. The Morgan fingerprint density at radius 1 is 1.11 bits per heavy atom. The van der Waals surface area contributed by atoms with Crippen molar-refractivity contribution in [2.24, 2.45) is 0 Å². The van der Waals surface area contributed by atoms with Gasteiger partial charge in [-0.25, -0.2) is 4.39 Å². The van der Waals surface area contributed by atoms with E-state index >= 15 is 0 Å². The van der Waals surface area contributed by atoms with Crippen LogP contribution in [0.3, 0.4) is 0 Å². The van der Waals surface area contributed by atoms with Gasteiger partial charge in [-0.1, -0.05) is 11.6 Å². The van der Waals surface area contributed by atoms with Gasteiger partial charge in [0, 0.05) is 60.7 Å². The van der Waals surface area contributed by atoms with E-state index in [-0.39, 0.29) is 5.91 Å². The Balaban J connectivity index is 1.43. The van der Waals surface area contributed by atoms with Gasteiger partial charge in [-0.2, -0.15) is 0 Å². The van der Waals surface area contributed by atoms with E-state index < -0.39 is 5.82 Å². The van der Waals surface area contributed by atoms with Crippen molar-refractivity contribution in [2.45, 2.75) is 0 Å². The van der Waals surface area contributed by atoms with Crippen molar-refractivity contribution in [3.05, 3.63) is 71.4 Å². The number of nitrogens with zero attached hydrogens (tertiary/aromatic N) is 4. The van der Waals surface area contributed by atoms with Gasteiger partial charge in [0.1, 0.15) is 5.82 Å². The van der Waals surface area contributed by atoms with E-state index in [1.165, 1.54) is 18.3 Å². The molecule has 2 aromatic heterocycles. The minimum atomic E-state index is -0.422. The van der Waals surface area contributed by atoms with Crippen molar-refractivity contribution in [1.82, 2.24) is 14.9 Å². The third-order valence-electron chi connectivity index (χ3n) is 4.76. The first-order valence-electron chi connectivity index (χ1n) is 8.97. The molecular weight excluding hydrogens is 379 g/mol. The van der Waals surface area contributed by atoms with Gasteiger partial charge in [0.15, 0.2) is 0 Å². The van der Waals surface area contributed by atoms with E-state index in [1.807, 2.05) is 24.3 Å². The highest BCUT2D eigenvalue weighted by Crippen LogP contribution is 2.28. The van der Waals surface area contributed by atoms with Crippen LogP contribution in [0.2, 0.25) is 5.02 Å². The lowest BCUT2D eigenvalue weighted by Crippen LogP contribution is -2.48. The second kappa shape index (κ2) is 7.94. The smallest absolute Gasteiger partial charge is 0.246 e. The van der Waals surface area contributed by atoms with Crippen molar-refractivity contribution in [1.29, 1.82) is 0 Å². The summed E-state index contributed by atoms with van der Waals surface area (Å²) in [5.74, 6) is -0.510. The molecule has 0 N–H and O–H groups in total. The number of rotatable bonds is 3. The lowest BCUT2D eigenvalue weighted by molar-refractivity contribution is -0.126. The molecule has 0 bridgehead atoms. The van der Waals surface area contributed by atoms with Gasteiger partial charge >= 0.3 is 0 Å². The van der Waals surface area contributed by atoms with Gasteiger partial charge in [0.25, 0.3) is 0 Å². The zero-order valence-corrected chi connectivity index (χ0v) is 15.8. The number of benzene rings is 1. The first kappa shape index (κ1) is 18.4. The average Bonchev–Trinajstić information content (AvgIpc) is 2.71. The molecule has 1 aromatic carbocycles. The van der Waals surface area contributed by atoms with Crippen LogP contribution in [-0.2, 0) is 4.79 Å². The molecule has 28 heavy (non-hydrogen) atoms. The molecule has 142 valence electrons. The van der Waals surface area contributed by atoms with Crippen molar-refractivity contribution in [3.8, 4) is 0 Å². The van der Waals surface area contributed by atoms with Gasteiger partial charge in [-0.3, -0.25) is 14.8 Å². The zero-order chi connectivity index (χ0) is 19.5. The predicted octanol–water partition coefficient (Wildman–Crippen LogP) is 3.78. The van der Waals surface area contributed by atoms with E-state index in [9.17, 15) is 9.18 Å². The van der Waals surface area contributed by atoms with Crippen LogP contribution in [-0.4, -0.2) is 47.0 Å². The Kier molecular flexibility index (Phi) is 5.21. The van der Waals surface area contributed by atoms with Crippen LogP contribution >= 0.6 is 11.6 Å². The zero-order valence-electron chi connectivity index (χ0n) is 15.1. The maximum Gasteiger partial charge on any atom is 0.246 e. The van der Waals surface area contributed by atoms with Crippen LogP contribution in [0.4, 0.5) is 10.1 Å². The average molecular weight is 397 g/mol. The topological polar surface area (TPSA) is 49.3 Å². The monoisotopic (exact) mass is 396 g/mol. The molecule has 1 aliphatic rings. The summed E-state index contributed by atoms with van der Waals surface area (Å²) in [5.41, 5.74) is 2.51. The number of pyridine rings is 2. The molecule has 7 heteroatoms. The Morgan fingerprint density at radius 3 is 2.71 bits per heavy atom. The molecule has 1 amide bonds. The quantitative estimate of drug-likeness (QED) is 0.632. The first-order chi connectivity index (χ1) is 13.6. The Bertz CT molecular complexity index is 1050. The molecule has 4 rings (SSSR count). The number of piperazine rings is 1. The summed E-state index contributed by atoms with van der Waals surface area (Å²) in [5, 5.41) is 1.71. The fraction of sp³-hybridized carbons (Fsp3) is 0.190. The molecule has 0 radical (unpaired) electrons. The largest absolute Gasteiger partial charge is 0.367 e. The van der Waals surface area contributed by atoms with Crippen LogP contribution in [0.25, 0.3) is 17.0 Å². The number of carbonyl (C=O) groups excluding carboxylic acids is 1. The van der Waals surface area contributed by atoms with Crippen molar-refractivity contribution in [2.75, 3.05) is 31.1 Å². The standard InChI is InChI=1S/C21H18ClFN4O/c22-16-2-3-18-19(12-16)25-6-5-20(18)26-7-9-27(10-8-26)21(28)4-1-15-11-17(23)14-24-13-15/h1-6,11-14H,7-10H2/b4-1+. The summed E-state index contributed by atoms with van der Waals surface area (Å²) in [6.07, 6.45) is 7.49. The maximum absolute atomic E-state index is 13.2. The van der Waals surface area contributed by atoms with E-state index in [1.54, 1.807) is 17.2 Å². The lowest BCUT2D eigenvalue weighted by atomic mass is 10.1. The third kappa shape index (κ3) is 3.97. The van der Waals surface area contributed by atoms with E-state index in [4.69, 9.17) is 11.6 Å². The third-order valence-corrected chi connectivity index (χ3v) is 4.99. The molecule has 3 aromatic rings. The van der Waals surface area contributed by atoms with Crippen molar-refractivity contribution < 1.29 is 9.18 Å². The highest BCUT2D eigenvalue weighted by atomic mass is 35.5. The second-order valence-corrected chi connectivity index (χ2v) is 7.01. The van der Waals surface area contributed by atoms with Crippen LogP contribution in [0.1, 0.15) is 5.56 Å². The summed E-state index contributed by atoms with van der Waals surface area (Å²) in [7, 11) is 0. The number of fused-ring (bicyclic) bond motifs is 1. The van der Waals surface area contributed by atoms with Crippen LogP contribution in [0, 0.1) is 5.82 Å². The van der Waals surface area contributed by atoms with Crippen molar-refractivity contribution in [3.63, 3.8) is 0 Å². The molecule has 1 saturated heterocycles. The number of carbonyl (C=O) groups is 1. The molecular formula is C21H18ClFN4O. The van der Waals surface area contributed by atoms with Gasteiger partial charge in [-0.15, -0.1) is 0 Å². The predicted molar refractivity (Wildman–Crippen MR) is 109 cm³/mol. The number of aromatic nitrogens is 2. The Hall–Kier alpha value is -2.99. The summed E-state index contributed by atoms with van der Waals surface area (Å²) < 4.78 is 13.2. The van der Waals surface area contributed by atoms with Gasteiger partial charge in [-0.05, 0) is 42.0 Å². The molecule has 0 spiro atoms. The minimum absolute atomic E-state index is 0.0877. The molecule has 0 atom stereocenters. The summed E-state index contributed by atoms with van der Waals surface area (Å²) in [6, 6.07) is 9.03. The lowest BCUT2D eigenvalue weighted by Gasteiger charge is -2.36. The highest BCUT2D eigenvalue weighted by Gasteiger charge is 2.21. The van der Waals surface area contributed by atoms with E-state index in [0.29, 0.717) is 23.7 Å².